The molecule has 0 aromatic carbocycles. The first-order chi connectivity index (χ1) is 11.8. The normalized spacial score (nSPS) is 37.1. The molecule has 0 N–H and O–H groups in total. The van der Waals surface area contributed by atoms with E-state index in [2.05, 4.69) is 0 Å². The van der Waals surface area contributed by atoms with Crippen molar-refractivity contribution in [2.45, 2.75) is 89.1 Å². The standard InChI is InChI=1S/C20H33Si.CH3.2ClH.Zr/c1-3-7-19-15(5-1)9-11-17(19)13-21-14-18-12-10-16-6-2-4-8-20(16)18;;;;/h15-17,19-20H,1-14H2;1H3;2*1H;/q2*-1;;;+4/p-2. The predicted octanol–water partition coefficient (Wildman–Crippen LogP) is 7.75. The number of halogens is 2. The first kappa shape index (κ1) is 23.0. The molecule has 4 aliphatic carbocycles. The Labute approximate surface area is 178 Å². The van der Waals surface area contributed by atoms with Crippen LogP contribution in [0, 0.1) is 42.9 Å². The summed E-state index contributed by atoms with van der Waals surface area (Å²) in [7, 11) is 11.1. The van der Waals surface area contributed by atoms with E-state index in [9.17, 15) is 0 Å². The fraction of sp³-hybridized carbons (Fsp3) is 0.905. The summed E-state index contributed by atoms with van der Waals surface area (Å²) >= 11 is -0.826. The van der Waals surface area contributed by atoms with Gasteiger partial charge in [0.15, 0.2) is 0 Å². The van der Waals surface area contributed by atoms with Crippen molar-refractivity contribution in [1.29, 1.82) is 0 Å². The molecule has 0 heterocycles. The first-order valence-electron chi connectivity index (χ1n) is 10.3. The molecule has 142 valence electrons. The molecule has 4 aliphatic rings. The molecule has 4 rings (SSSR count). The van der Waals surface area contributed by atoms with Crippen molar-refractivity contribution < 1.29 is 20.8 Å². The topological polar surface area (TPSA) is 0 Å². The Morgan fingerprint density at radius 1 is 0.840 bits per heavy atom. The van der Waals surface area contributed by atoms with E-state index in [1.165, 1.54) is 41.2 Å². The van der Waals surface area contributed by atoms with E-state index in [-0.39, 0.29) is 7.43 Å². The Bertz CT molecular complexity index is 336. The molecule has 0 nitrogen and oxygen atoms in total. The van der Waals surface area contributed by atoms with Crippen LogP contribution in [0.25, 0.3) is 0 Å². The molecule has 0 bridgehead atoms. The summed E-state index contributed by atoms with van der Waals surface area (Å²) in [5.74, 6) is 7.66. The molecule has 4 fully saturated rings. The van der Waals surface area contributed by atoms with Crippen LogP contribution in [0.15, 0.2) is 0 Å². The van der Waals surface area contributed by atoms with Gasteiger partial charge in [-0.25, -0.2) is 0 Å². The molecular weight excluding hydrogens is 442 g/mol. The summed E-state index contributed by atoms with van der Waals surface area (Å²) in [5.41, 5.74) is 0. The summed E-state index contributed by atoms with van der Waals surface area (Å²) < 4.78 is 0. The zero-order valence-corrected chi connectivity index (χ0v) is 21.0. The van der Waals surface area contributed by atoms with Gasteiger partial charge in [0.1, 0.15) is 0 Å². The average Bonchev–Trinajstić information content (AvgIpc) is 3.21. The van der Waals surface area contributed by atoms with Gasteiger partial charge < -0.3 is 13.3 Å². The van der Waals surface area contributed by atoms with Gasteiger partial charge in [-0.05, 0) is 30.6 Å². The summed E-state index contributed by atoms with van der Waals surface area (Å²) in [6.45, 7) is 0. The number of hydrogen-bond acceptors (Lipinski definition) is 0. The van der Waals surface area contributed by atoms with Gasteiger partial charge in [0.2, 0.25) is 0 Å². The van der Waals surface area contributed by atoms with Crippen LogP contribution < -0.4 is 0 Å². The summed E-state index contributed by atoms with van der Waals surface area (Å²) in [4.78, 5) is 0. The second kappa shape index (κ2) is 12.3. The Morgan fingerprint density at radius 2 is 1.52 bits per heavy atom. The van der Waals surface area contributed by atoms with Gasteiger partial charge in [0.25, 0.3) is 0 Å². The fourth-order valence-corrected chi connectivity index (χ4v) is 8.18. The van der Waals surface area contributed by atoms with E-state index in [4.69, 9.17) is 17.0 Å². The SMILES string of the molecule is C1CCC2[C-](C[Si]CC3CCC4CCCCC43)CCC2C1.[CH3-].[Cl][Zr+2][Cl]. The number of rotatable bonds is 4. The van der Waals surface area contributed by atoms with Gasteiger partial charge in [-0.15, -0.1) is 0 Å². The van der Waals surface area contributed by atoms with Crippen molar-refractivity contribution >= 4 is 26.5 Å². The minimum atomic E-state index is -0.826. The van der Waals surface area contributed by atoms with Gasteiger partial charge in [-0.3, -0.25) is 0 Å². The Morgan fingerprint density at radius 3 is 2.32 bits per heavy atom. The van der Waals surface area contributed by atoms with Gasteiger partial charge in [-0.2, -0.15) is 18.4 Å². The van der Waals surface area contributed by atoms with Gasteiger partial charge in [-0.1, -0.05) is 69.7 Å². The molecule has 0 aromatic rings. The molecule has 4 saturated carbocycles. The second-order valence-corrected chi connectivity index (χ2v) is 13.6. The van der Waals surface area contributed by atoms with Crippen molar-refractivity contribution in [2.24, 2.45) is 29.6 Å². The third-order valence-electron chi connectivity index (χ3n) is 7.51. The van der Waals surface area contributed by atoms with Crippen molar-refractivity contribution in [3.05, 3.63) is 13.3 Å². The Hall–Kier alpha value is 1.68. The third kappa shape index (κ3) is 6.33. The maximum atomic E-state index is 4.93. The van der Waals surface area contributed by atoms with Gasteiger partial charge in [0, 0.05) is 9.52 Å². The van der Waals surface area contributed by atoms with E-state index in [1.54, 1.807) is 57.4 Å². The quantitative estimate of drug-likeness (QED) is 0.286. The average molecular weight is 479 g/mol. The van der Waals surface area contributed by atoms with E-state index < -0.39 is 20.8 Å². The molecule has 2 radical (unpaired) electrons. The molecule has 0 aliphatic heterocycles. The van der Waals surface area contributed by atoms with Crippen molar-refractivity contribution in [3.63, 3.8) is 0 Å². The van der Waals surface area contributed by atoms with Crippen LogP contribution in [0.1, 0.15) is 77.0 Å². The zero-order chi connectivity index (χ0) is 16.8. The van der Waals surface area contributed by atoms with Crippen LogP contribution in [-0.2, 0) is 20.8 Å². The first-order valence-corrected chi connectivity index (χ1v) is 18.1. The van der Waals surface area contributed by atoms with Crippen molar-refractivity contribution in [2.75, 3.05) is 0 Å². The zero-order valence-electron chi connectivity index (χ0n) is 16.0. The Kier molecular flexibility index (Phi) is 11.3. The minimum absolute atomic E-state index is 0. The van der Waals surface area contributed by atoms with Crippen LogP contribution in [0.5, 0.6) is 0 Å². The molecule has 0 aromatic heterocycles. The molecule has 25 heavy (non-hydrogen) atoms. The van der Waals surface area contributed by atoms with Crippen LogP contribution in [0.3, 0.4) is 0 Å². The summed E-state index contributed by atoms with van der Waals surface area (Å²) in [6, 6.07) is 3.14. The molecule has 0 spiro atoms. The van der Waals surface area contributed by atoms with Crippen LogP contribution in [-0.4, -0.2) is 9.52 Å². The molecule has 0 saturated heterocycles. The van der Waals surface area contributed by atoms with Crippen LogP contribution >= 0.6 is 17.0 Å². The van der Waals surface area contributed by atoms with E-state index in [0.29, 0.717) is 0 Å². The molecule has 5 atom stereocenters. The van der Waals surface area contributed by atoms with Gasteiger partial charge in [0.05, 0.1) is 0 Å². The van der Waals surface area contributed by atoms with E-state index >= 15 is 0 Å². The number of fused-ring (bicyclic) bond motifs is 2. The molecule has 4 heteroatoms. The fourth-order valence-electron chi connectivity index (χ4n) is 6.40. The Balaban J connectivity index is 0.000000528. The van der Waals surface area contributed by atoms with Gasteiger partial charge >= 0.3 is 37.9 Å². The molecule has 5 unspecified atom stereocenters. The second-order valence-electron chi connectivity index (χ2n) is 8.60. The van der Waals surface area contributed by atoms with Crippen molar-refractivity contribution in [1.82, 2.24) is 0 Å². The summed E-state index contributed by atoms with van der Waals surface area (Å²) in [5, 5.41) is 0. The monoisotopic (exact) mass is 476 g/mol. The summed E-state index contributed by atoms with van der Waals surface area (Å²) in [6.07, 6.45) is 18.7. The van der Waals surface area contributed by atoms with Crippen LogP contribution in [0.2, 0.25) is 12.1 Å². The predicted molar refractivity (Wildman–Crippen MR) is 110 cm³/mol. The molecule has 0 amide bonds. The third-order valence-corrected chi connectivity index (χ3v) is 9.03. The van der Waals surface area contributed by atoms with Crippen LogP contribution in [0.4, 0.5) is 0 Å². The molecular formula is C21H36Cl2SiZr. The maximum absolute atomic E-state index is 4.93. The van der Waals surface area contributed by atoms with E-state index in [1.807, 2.05) is 5.92 Å². The number of hydrogen-bond donors (Lipinski definition) is 0. The van der Waals surface area contributed by atoms with Crippen molar-refractivity contribution in [3.8, 4) is 0 Å². The van der Waals surface area contributed by atoms with E-state index in [0.717, 1.165) is 29.6 Å².